The molecule has 0 amide bonds. The third-order valence-corrected chi connectivity index (χ3v) is 1.73. The van der Waals surface area contributed by atoms with E-state index in [-0.39, 0.29) is 18.0 Å². The highest BCUT2D eigenvalue weighted by molar-refractivity contribution is 5.45. The lowest BCUT2D eigenvalue weighted by molar-refractivity contribution is -0.286. The van der Waals surface area contributed by atoms with E-state index in [9.17, 15) is 8.78 Å². The van der Waals surface area contributed by atoms with Crippen molar-refractivity contribution in [3.63, 3.8) is 0 Å². The Balaban J connectivity index is 2.32. The lowest BCUT2D eigenvalue weighted by Crippen LogP contribution is -2.25. The number of alkyl halides is 2. The molecule has 0 radical (unpaired) electrons. The zero-order chi connectivity index (χ0) is 10.2. The van der Waals surface area contributed by atoms with Crippen molar-refractivity contribution in [1.29, 1.82) is 0 Å². The van der Waals surface area contributed by atoms with Gasteiger partial charge in [0.15, 0.2) is 11.5 Å². The Morgan fingerprint density at radius 1 is 1.29 bits per heavy atom. The lowest BCUT2D eigenvalue weighted by atomic mass is 10.2. The average Bonchev–Trinajstić information content (AvgIpc) is 2.38. The number of ether oxygens (including phenoxy) is 2. The van der Waals surface area contributed by atoms with Gasteiger partial charge in [-0.3, -0.25) is 0 Å². The average molecular weight is 197 g/mol. The van der Waals surface area contributed by atoms with Crippen LogP contribution in [0.2, 0.25) is 0 Å². The number of halogens is 2. The van der Waals surface area contributed by atoms with Crippen molar-refractivity contribution < 1.29 is 18.3 Å². The quantitative estimate of drug-likeness (QED) is 0.645. The molecule has 2 rings (SSSR count). The summed E-state index contributed by atoms with van der Waals surface area (Å²) >= 11 is 0. The summed E-state index contributed by atoms with van der Waals surface area (Å²) in [5, 5.41) is 0. The third kappa shape index (κ3) is 1.46. The maximum Gasteiger partial charge on any atom is 0.586 e. The number of rotatable bonds is 1. The molecular weight excluding hydrogens is 192 g/mol. The minimum absolute atomic E-state index is 0.00345. The number of hydrogen-bond donors (Lipinski definition) is 0. The fourth-order valence-electron chi connectivity index (χ4n) is 1.18. The highest BCUT2D eigenvalue weighted by atomic mass is 19.3. The molecule has 14 heavy (non-hydrogen) atoms. The van der Waals surface area contributed by atoms with Gasteiger partial charge in [-0.15, -0.1) is 8.78 Å². The van der Waals surface area contributed by atoms with Crippen LogP contribution in [0, 0.1) is 6.57 Å². The first-order chi connectivity index (χ1) is 6.61. The molecule has 1 heterocycles. The highest BCUT2D eigenvalue weighted by Gasteiger charge is 2.43. The van der Waals surface area contributed by atoms with Gasteiger partial charge in [-0.1, -0.05) is 0 Å². The molecule has 0 aromatic heterocycles. The topological polar surface area (TPSA) is 22.8 Å². The van der Waals surface area contributed by atoms with Gasteiger partial charge in [0.05, 0.1) is 0 Å². The van der Waals surface area contributed by atoms with Gasteiger partial charge in [-0.25, -0.2) is 6.57 Å². The van der Waals surface area contributed by atoms with Crippen LogP contribution in [0.25, 0.3) is 4.85 Å². The largest absolute Gasteiger partial charge is 0.586 e. The maximum absolute atomic E-state index is 12.5. The summed E-state index contributed by atoms with van der Waals surface area (Å²) in [6.07, 6.45) is -3.58. The van der Waals surface area contributed by atoms with Gasteiger partial charge >= 0.3 is 6.29 Å². The molecule has 0 spiro atoms. The van der Waals surface area contributed by atoms with Crippen LogP contribution < -0.4 is 9.47 Å². The Hall–Kier alpha value is -1.83. The number of hydrogen-bond acceptors (Lipinski definition) is 2. The van der Waals surface area contributed by atoms with Crippen molar-refractivity contribution in [2.75, 3.05) is 0 Å². The van der Waals surface area contributed by atoms with E-state index in [4.69, 9.17) is 6.57 Å². The van der Waals surface area contributed by atoms with Crippen LogP contribution in [0.1, 0.15) is 5.56 Å². The first-order valence-corrected chi connectivity index (χ1v) is 3.83. The smallest absolute Gasteiger partial charge is 0.395 e. The molecule has 0 bridgehead atoms. The monoisotopic (exact) mass is 197 g/mol. The SMILES string of the molecule is [C-]#[N+]Cc1ccc2c(c1)OC(F)(F)O2. The summed E-state index contributed by atoms with van der Waals surface area (Å²) in [6, 6.07) is 4.31. The predicted octanol–water partition coefficient (Wildman–Crippen LogP) is 2.43. The van der Waals surface area contributed by atoms with Crippen molar-refractivity contribution in [1.82, 2.24) is 0 Å². The van der Waals surface area contributed by atoms with E-state index >= 15 is 0 Å². The molecule has 0 N–H and O–H groups in total. The van der Waals surface area contributed by atoms with Gasteiger partial charge in [0.25, 0.3) is 0 Å². The second kappa shape index (κ2) is 2.84. The van der Waals surface area contributed by atoms with E-state index in [1.165, 1.54) is 12.1 Å². The van der Waals surface area contributed by atoms with Gasteiger partial charge in [0.1, 0.15) is 0 Å². The molecule has 0 fully saturated rings. The second-order valence-corrected chi connectivity index (χ2v) is 2.76. The van der Waals surface area contributed by atoms with Crippen LogP contribution in [0.3, 0.4) is 0 Å². The summed E-state index contributed by atoms with van der Waals surface area (Å²) in [5.74, 6) is -0.0140. The van der Waals surface area contributed by atoms with E-state index in [1.54, 1.807) is 6.07 Å². The Morgan fingerprint density at radius 2 is 2.00 bits per heavy atom. The van der Waals surface area contributed by atoms with Gasteiger partial charge in [0.2, 0.25) is 6.54 Å². The number of benzene rings is 1. The lowest BCUT2D eigenvalue weighted by Gasteiger charge is -2.04. The molecule has 72 valence electrons. The fraction of sp³-hybridized carbons (Fsp3) is 0.222. The van der Waals surface area contributed by atoms with Crippen molar-refractivity contribution in [2.24, 2.45) is 0 Å². The summed E-state index contributed by atoms with van der Waals surface area (Å²) in [6.45, 7) is 6.76. The molecular formula is C9H5F2NO2. The Bertz CT molecular complexity index is 412. The number of nitrogens with zero attached hydrogens (tertiary/aromatic N) is 1. The zero-order valence-corrected chi connectivity index (χ0v) is 6.96. The van der Waals surface area contributed by atoms with Gasteiger partial charge in [0, 0.05) is 5.56 Å². The normalized spacial score (nSPS) is 16.4. The highest BCUT2D eigenvalue weighted by Crippen LogP contribution is 2.41. The van der Waals surface area contributed by atoms with Crippen LogP contribution in [0.5, 0.6) is 11.5 Å². The molecule has 0 aliphatic carbocycles. The summed E-state index contributed by atoms with van der Waals surface area (Å²) in [5.41, 5.74) is 0.625. The van der Waals surface area contributed by atoms with Crippen LogP contribution >= 0.6 is 0 Å². The van der Waals surface area contributed by atoms with Crippen LogP contribution in [-0.2, 0) is 6.54 Å². The molecule has 5 heteroatoms. The van der Waals surface area contributed by atoms with E-state index in [0.717, 1.165) is 0 Å². The molecule has 0 saturated heterocycles. The third-order valence-electron chi connectivity index (χ3n) is 1.73. The van der Waals surface area contributed by atoms with Crippen LogP contribution in [0.15, 0.2) is 18.2 Å². The standard InChI is InChI=1S/C9H5F2NO2/c1-12-5-6-2-3-7-8(4-6)14-9(10,11)13-7/h2-4H,5H2. The molecule has 0 atom stereocenters. The van der Waals surface area contributed by atoms with E-state index in [2.05, 4.69) is 14.3 Å². The van der Waals surface area contributed by atoms with Crippen molar-refractivity contribution in [3.05, 3.63) is 35.2 Å². The molecule has 1 aromatic rings. The molecule has 0 unspecified atom stereocenters. The molecule has 1 aromatic carbocycles. The minimum atomic E-state index is -3.58. The molecule has 1 aliphatic heterocycles. The molecule has 0 saturated carbocycles. The van der Waals surface area contributed by atoms with Crippen LogP contribution in [0.4, 0.5) is 8.78 Å². The first-order valence-electron chi connectivity index (χ1n) is 3.83. The van der Waals surface area contributed by atoms with Crippen LogP contribution in [-0.4, -0.2) is 6.29 Å². The predicted molar refractivity (Wildman–Crippen MR) is 43.0 cm³/mol. The Kier molecular flexibility index (Phi) is 1.78. The van der Waals surface area contributed by atoms with Gasteiger partial charge in [-0.05, 0) is 18.2 Å². The van der Waals surface area contributed by atoms with Crippen molar-refractivity contribution >= 4 is 0 Å². The summed E-state index contributed by atoms with van der Waals surface area (Å²) < 4.78 is 33.5. The zero-order valence-electron chi connectivity index (χ0n) is 6.96. The number of fused-ring (bicyclic) bond motifs is 1. The van der Waals surface area contributed by atoms with E-state index < -0.39 is 6.29 Å². The molecule has 1 aliphatic rings. The summed E-state index contributed by atoms with van der Waals surface area (Å²) in [4.78, 5) is 3.13. The Labute approximate surface area is 78.7 Å². The maximum atomic E-state index is 12.5. The minimum Gasteiger partial charge on any atom is -0.395 e. The van der Waals surface area contributed by atoms with Crippen molar-refractivity contribution in [2.45, 2.75) is 12.8 Å². The molecule has 3 nitrogen and oxygen atoms in total. The summed E-state index contributed by atoms with van der Waals surface area (Å²) in [7, 11) is 0. The second-order valence-electron chi connectivity index (χ2n) is 2.76. The van der Waals surface area contributed by atoms with Crippen molar-refractivity contribution in [3.8, 4) is 11.5 Å². The van der Waals surface area contributed by atoms with Gasteiger partial charge < -0.3 is 14.3 Å². The first kappa shape index (κ1) is 8.75. The fourth-order valence-corrected chi connectivity index (χ4v) is 1.18. The Morgan fingerprint density at radius 3 is 2.71 bits per heavy atom. The van der Waals surface area contributed by atoms with Gasteiger partial charge in [-0.2, -0.15) is 0 Å². The van der Waals surface area contributed by atoms with E-state index in [0.29, 0.717) is 5.56 Å². The van der Waals surface area contributed by atoms with E-state index in [1.807, 2.05) is 0 Å².